The third kappa shape index (κ3) is 3.36. The molecule has 28 heavy (non-hydrogen) atoms. The summed E-state index contributed by atoms with van der Waals surface area (Å²) in [5, 5.41) is 3.54. The highest BCUT2D eigenvalue weighted by Crippen LogP contribution is 2.51. The maximum Gasteiger partial charge on any atom is 0.255 e. The molecule has 2 atom stereocenters. The number of anilines is 1. The van der Waals surface area contributed by atoms with Crippen LogP contribution in [0.5, 0.6) is 5.75 Å². The molecule has 2 saturated heterocycles. The van der Waals surface area contributed by atoms with Gasteiger partial charge in [0.1, 0.15) is 5.75 Å². The Morgan fingerprint density at radius 1 is 1.25 bits per heavy atom. The number of benzene rings is 1. The fraction of sp³-hybridized carbons (Fsp3) is 0.667. The zero-order chi connectivity index (χ0) is 19.3. The van der Waals surface area contributed by atoms with Crippen molar-refractivity contribution >= 4 is 23.2 Å². The summed E-state index contributed by atoms with van der Waals surface area (Å²) in [5.74, 6) is 3.37. The van der Waals surface area contributed by atoms with Crippen molar-refractivity contribution < 1.29 is 14.3 Å². The van der Waals surface area contributed by atoms with Crippen molar-refractivity contribution in [1.29, 1.82) is 0 Å². The summed E-state index contributed by atoms with van der Waals surface area (Å²) in [7, 11) is 0. The minimum atomic E-state index is -0.107. The highest BCUT2D eigenvalue weighted by atomic mass is 35.5. The molecule has 1 amide bonds. The molecule has 3 aliphatic heterocycles. The predicted octanol–water partition coefficient (Wildman–Crippen LogP) is 2.19. The van der Waals surface area contributed by atoms with Gasteiger partial charge in [0.15, 0.2) is 0 Å². The van der Waals surface area contributed by atoms with E-state index in [1.807, 2.05) is 0 Å². The minimum absolute atomic E-state index is 0.107. The van der Waals surface area contributed by atoms with E-state index in [2.05, 4.69) is 10.2 Å². The van der Waals surface area contributed by atoms with E-state index in [4.69, 9.17) is 26.8 Å². The van der Waals surface area contributed by atoms with Gasteiger partial charge in [-0.15, -0.1) is 0 Å². The van der Waals surface area contributed by atoms with Crippen LogP contribution in [0.25, 0.3) is 0 Å². The molecule has 3 fully saturated rings. The van der Waals surface area contributed by atoms with Crippen LogP contribution < -0.4 is 15.8 Å². The van der Waals surface area contributed by atoms with E-state index in [1.165, 1.54) is 32.5 Å². The van der Waals surface area contributed by atoms with Gasteiger partial charge < -0.3 is 25.4 Å². The maximum atomic E-state index is 12.7. The second-order valence-electron chi connectivity index (χ2n) is 8.70. The average molecular weight is 406 g/mol. The standard InChI is InChI=1S/C21H28ClN3O3/c22-18-7-14(20-13(19(18)23)3-6-28-20)21(26)24-8-15-16-10-25(11-17(15)16)9-12-1-4-27-5-2-12/h7,12,15-17H,1-6,8-11,23H2,(H,24,26). The Bertz CT molecular complexity index is 769. The van der Waals surface area contributed by atoms with Crippen LogP contribution in [0.2, 0.25) is 5.02 Å². The first-order valence-corrected chi connectivity index (χ1v) is 10.8. The molecule has 4 aliphatic rings. The number of piperidine rings is 1. The van der Waals surface area contributed by atoms with E-state index in [1.54, 1.807) is 6.07 Å². The Balaban J connectivity index is 1.13. The lowest BCUT2D eigenvalue weighted by atomic mass is 9.99. The molecule has 6 nitrogen and oxygen atoms in total. The van der Waals surface area contributed by atoms with Gasteiger partial charge in [-0.25, -0.2) is 0 Å². The Kier molecular flexibility index (Phi) is 4.89. The number of likely N-dealkylation sites (tertiary alicyclic amines) is 1. The van der Waals surface area contributed by atoms with Crippen LogP contribution in [0.1, 0.15) is 28.8 Å². The molecule has 152 valence electrons. The predicted molar refractivity (Wildman–Crippen MR) is 108 cm³/mol. The number of nitrogens with two attached hydrogens (primary N) is 1. The van der Waals surface area contributed by atoms with E-state index in [0.717, 1.165) is 43.1 Å². The number of fused-ring (bicyclic) bond motifs is 2. The van der Waals surface area contributed by atoms with Crippen molar-refractivity contribution in [2.75, 3.05) is 51.7 Å². The number of halogens is 1. The molecule has 5 rings (SSSR count). The number of nitrogen functional groups attached to an aromatic ring is 1. The molecule has 1 saturated carbocycles. The van der Waals surface area contributed by atoms with E-state index in [-0.39, 0.29) is 5.91 Å². The van der Waals surface area contributed by atoms with E-state index < -0.39 is 0 Å². The molecule has 1 aliphatic carbocycles. The van der Waals surface area contributed by atoms with E-state index in [9.17, 15) is 4.79 Å². The Morgan fingerprint density at radius 2 is 2.00 bits per heavy atom. The van der Waals surface area contributed by atoms with Crippen LogP contribution in [0, 0.1) is 23.7 Å². The number of nitrogens with one attached hydrogen (secondary N) is 1. The van der Waals surface area contributed by atoms with Crippen LogP contribution in [-0.4, -0.2) is 56.8 Å². The van der Waals surface area contributed by atoms with E-state index >= 15 is 0 Å². The van der Waals surface area contributed by atoms with Crippen LogP contribution >= 0.6 is 11.6 Å². The van der Waals surface area contributed by atoms with E-state index in [0.29, 0.717) is 41.0 Å². The second kappa shape index (κ2) is 7.39. The summed E-state index contributed by atoms with van der Waals surface area (Å²) in [6.07, 6.45) is 3.10. The Labute approximate surface area is 170 Å². The SMILES string of the molecule is Nc1c(Cl)cc(C(=O)NCC2C3CN(CC4CCOCC4)CC23)c2c1CCO2. The molecule has 0 radical (unpaired) electrons. The molecule has 2 unspecified atom stereocenters. The second-order valence-corrected chi connectivity index (χ2v) is 9.11. The van der Waals surface area contributed by atoms with Crippen molar-refractivity contribution in [3.63, 3.8) is 0 Å². The number of hydrogen-bond donors (Lipinski definition) is 2. The van der Waals surface area contributed by atoms with Crippen molar-refractivity contribution in [3.05, 3.63) is 22.2 Å². The third-order valence-corrected chi connectivity index (χ3v) is 7.33. The van der Waals surface area contributed by atoms with Gasteiger partial charge in [-0.3, -0.25) is 4.79 Å². The number of ether oxygens (including phenoxy) is 2. The summed E-state index contributed by atoms with van der Waals surface area (Å²) in [6.45, 7) is 6.68. The van der Waals surface area contributed by atoms with Gasteiger partial charge in [0.25, 0.3) is 5.91 Å². The summed E-state index contributed by atoms with van der Waals surface area (Å²) >= 11 is 6.22. The summed E-state index contributed by atoms with van der Waals surface area (Å²) in [6, 6.07) is 1.64. The molecule has 1 aromatic carbocycles. The van der Waals surface area contributed by atoms with Crippen molar-refractivity contribution in [1.82, 2.24) is 10.2 Å². The fourth-order valence-electron chi connectivity index (χ4n) is 5.32. The summed E-state index contributed by atoms with van der Waals surface area (Å²) < 4.78 is 11.1. The highest BCUT2D eigenvalue weighted by molar-refractivity contribution is 6.33. The van der Waals surface area contributed by atoms with Crippen molar-refractivity contribution in [2.24, 2.45) is 23.7 Å². The molecule has 7 heteroatoms. The number of rotatable bonds is 5. The maximum absolute atomic E-state index is 12.7. The van der Waals surface area contributed by atoms with Crippen LogP contribution in [-0.2, 0) is 11.2 Å². The number of amides is 1. The first-order chi connectivity index (χ1) is 13.6. The fourth-order valence-corrected chi connectivity index (χ4v) is 5.55. The van der Waals surface area contributed by atoms with Gasteiger partial charge in [-0.05, 0) is 42.6 Å². The highest BCUT2D eigenvalue weighted by Gasteiger charge is 2.55. The lowest BCUT2D eigenvalue weighted by molar-refractivity contribution is 0.0535. The van der Waals surface area contributed by atoms with Gasteiger partial charge in [-0.1, -0.05) is 11.6 Å². The lowest BCUT2D eigenvalue weighted by Gasteiger charge is -2.28. The minimum Gasteiger partial charge on any atom is -0.492 e. The van der Waals surface area contributed by atoms with Crippen LogP contribution in [0.15, 0.2) is 6.07 Å². The lowest BCUT2D eigenvalue weighted by Crippen LogP contribution is -2.34. The first-order valence-electron chi connectivity index (χ1n) is 10.4. The van der Waals surface area contributed by atoms with Crippen LogP contribution in [0.4, 0.5) is 5.69 Å². The zero-order valence-corrected chi connectivity index (χ0v) is 16.8. The van der Waals surface area contributed by atoms with Gasteiger partial charge >= 0.3 is 0 Å². The van der Waals surface area contributed by atoms with Crippen LogP contribution in [0.3, 0.4) is 0 Å². The summed E-state index contributed by atoms with van der Waals surface area (Å²) in [4.78, 5) is 15.3. The molecule has 0 bridgehead atoms. The number of carbonyl (C=O) groups is 1. The van der Waals surface area contributed by atoms with Gasteiger partial charge in [0.05, 0.1) is 22.9 Å². The molecular weight excluding hydrogens is 378 g/mol. The Hall–Kier alpha value is -1.50. The van der Waals surface area contributed by atoms with Gasteiger partial charge in [0, 0.05) is 51.4 Å². The monoisotopic (exact) mass is 405 g/mol. The number of carbonyl (C=O) groups excluding carboxylic acids is 1. The summed E-state index contributed by atoms with van der Waals surface area (Å²) in [5.41, 5.74) is 7.93. The van der Waals surface area contributed by atoms with Gasteiger partial charge in [-0.2, -0.15) is 0 Å². The third-order valence-electron chi connectivity index (χ3n) is 7.02. The number of nitrogens with zero attached hydrogens (tertiary/aromatic N) is 1. The zero-order valence-electron chi connectivity index (χ0n) is 16.1. The van der Waals surface area contributed by atoms with Crippen molar-refractivity contribution in [3.8, 4) is 5.75 Å². The topological polar surface area (TPSA) is 76.8 Å². The smallest absolute Gasteiger partial charge is 0.255 e. The number of hydrogen-bond acceptors (Lipinski definition) is 5. The molecule has 3 heterocycles. The molecule has 1 aromatic rings. The van der Waals surface area contributed by atoms with Crippen molar-refractivity contribution in [2.45, 2.75) is 19.3 Å². The van der Waals surface area contributed by atoms with Gasteiger partial charge in [0.2, 0.25) is 0 Å². The normalized spacial score (nSPS) is 29.2. The molecule has 0 spiro atoms. The largest absolute Gasteiger partial charge is 0.492 e. The Morgan fingerprint density at radius 3 is 2.75 bits per heavy atom. The molecule has 3 N–H and O–H groups in total. The quantitative estimate of drug-likeness (QED) is 0.734. The molecular formula is C21H28ClN3O3. The molecule has 0 aromatic heterocycles. The average Bonchev–Trinajstić information content (AvgIpc) is 3.07. The first kappa shape index (κ1) is 18.5.